The van der Waals surface area contributed by atoms with E-state index < -0.39 is 0 Å². The average Bonchev–Trinajstić information content (AvgIpc) is 3.16. The lowest BCUT2D eigenvalue weighted by Gasteiger charge is -2.28. The van der Waals surface area contributed by atoms with Gasteiger partial charge in [0, 0.05) is 37.8 Å². The number of hydrogen-bond acceptors (Lipinski definition) is 4. The normalized spacial score (nSPS) is 26.6. The SMILES string of the molecule is Cc1ccccc1[C@H]1[C@@H]2CN(Cc3c(C)noc3C)C[C@@H]2CN1C.Cl. The first-order valence-electron chi connectivity index (χ1n) is 8.94. The number of rotatable bonds is 3. The van der Waals surface area contributed by atoms with Crippen molar-refractivity contribution >= 4 is 12.4 Å². The van der Waals surface area contributed by atoms with Crippen LogP contribution >= 0.6 is 12.4 Å². The molecule has 1 aromatic heterocycles. The van der Waals surface area contributed by atoms with Crippen LogP contribution in [-0.4, -0.2) is 41.6 Å². The maximum atomic E-state index is 5.34. The lowest BCUT2D eigenvalue weighted by Crippen LogP contribution is -2.29. The summed E-state index contributed by atoms with van der Waals surface area (Å²) in [6.45, 7) is 10.8. The van der Waals surface area contributed by atoms with E-state index in [1.54, 1.807) is 0 Å². The van der Waals surface area contributed by atoms with E-state index in [1.807, 2.05) is 13.8 Å². The molecule has 3 heterocycles. The van der Waals surface area contributed by atoms with Crippen LogP contribution in [0.25, 0.3) is 0 Å². The third kappa shape index (κ3) is 3.23. The van der Waals surface area contributed by atoms with Gasteiger partial charge >= 0.3 is 0 Å². The Labute approximate surface area is 156 Å². The fourth-order valence-corrected chi connectivity index (χ4v) is 4.82. The third-order valence-corrected chi connectivity index (χ3v) is 6.04. The molecule has 136 valence electrons. The van der Waals surface area contributed by atoms with Gasteiger partial charge in [-0.05, 0) is 50.8 Å². The van der Waals surface area contributed by atoms with E-state index in [0.717, 1.165) is 36.4 Å². The molecule has 0 amide bonds. The minimum Gasteiger partial charge on any atom is -0.361 e. The van der Waals surface area contributed by atoms with Crippen molar-refractivity contribution in [3.8, 4) is 0 Å². The summed E-state index contributed by atoms with van der Waals surface area (Å²) in [4.78, 5) is 5.16. The topological polar surface area (TPSA) is 32.5 Å². The smallest absolute Gasteiger partial charge is 0.138 e. The lowest BCUT2D eigenvalue weighted by molar-refractivity contribution is 0.223. The second-order valence-corrected chi connectivity index (χ2v) is 7.66. The second kappa shape index (κ2) is 7.10. The first-order valence-corrected chi connectivity index (χ1v) is 8.94. The van der Waals surface area contributed by atoms with E-state index in [2.05, 4.69) is 53.2 Å². The zero-order chi connectivity index (χ0) is 16.8. The number of likely N-dealkylation sites (tertiary alicyclic amines) is 2. The van der Waals surface area contributed by atoms with Crippen LogP contribution in [0.1, 0.15) is 34.2 Å². The number of hydrogen-bond donors (Lipinski definition) is 0. The summed E-state index contributed by atoms with van der Waals surface area (Å²) in [7, 11) is 2.29. The number of benzene rings is 1. The van der Waals surface area contributed by atoms with Gasteiger partial charge < -0.3 is 4.52 Å². The largest absolute Gasteiger partial charge is 0.361 e. The van der Waals surface area contributed by atoms with Crippen LogP contribution in [0.15, 0.2) is 28.8 Å². The molecule has 0 aliphatic carbocycles. The van der Waals surface area contributed by atoms with Crippen molar-refractivity contribution in [2.45, 2.75) is 33.4 Å². The minimum absolute atomic E-state index is 0. The van der Waals surface area contributed by atoms with Crippen LogP contribution in [0.5, 0.6) is 0 Å². The van der Waals surface area contributed by atoms with Gasteiger partial charge in [-0.3, -0.25) is 9.80 Å². The quantitative estimate of drug-likeness (QED) is 0.833. The Balaban J connectivity index is 0.00000182. The van der Waals surface area contributed by atoms with Crippen molar-refractivity contribution in [1.82, 2.24) is 15.0 Å². The molecule has 0 N–H and O–H groups in total. The van der Waals surface area contributed by atoms with Crippen molar-refractivity contribution in [2.75, 3.05) is 26.7 Å². The zero-order valence-electron chi connectivity index (χ0n) is 15.5. The molecule has 0 bridgehead atoms. The van der Waals surface area contributed by atoms with E-state index >= 15 is 0 Å². The summed E-state index contributed by atoms with van der Waals surface area (Å²) in [5.74, 6) is 2.45. The summed E-state index contributed by atoms with van der Waals surface area (Å²) in [5, 5.41) is 4.11. The molecular formula is C20H28ClN3O. The molecule has 4 rings (SSSR count). The number of halogens is 1. The van der Waals surface area contributed by atoms with Gasteiger partial charge in [-0.2, -0.15) is 0 Å². The molecule has 2 aliphatic rings. The molecule has 2 aliphatic heterocycles. The molecule has 0 spiro atoms. The third-order valence-electron chi connectivity index (χ3n) is 6.04. The predicted molar refractivity (Wildman–Crippen MR) is 102 cm³/mol. The van der Waals surface area contributed by atoms with Crippen LogP contribution in [0.2, 0.25) is 0 Å². The van der Waals surface area contributed by atoms with Crippen molar-refractivity contribution in [3.05, 3.63) is 52.4 Å². The Morgan fingerprint density at radius 3 is 2.56 bits per heavy atom. The summed E-state index contributed by atoms with van der Waals surface area (Å²) in [6, 6.07) is 9.43. The van der Waals surface area contributed by atoms with Gasteiger partial charge in [0.2, 0.25) is 0 Å². The predicted octanol–water partition coefficient (Wildman–Crippen LogP) is 3.76. The van der Waals surface area contributed by atoms with Gasteiger partial charge in [0.1, 0.15) is 5.76 Å². The highest BCUT2D eigenvalue weighted by Crippen LogP contribution is 2.45. The van der Waals surface area contributed by atoms with E-state index in [-0.39, 0.29) is 12.4 Å². The van der Waals surface area contributed by atoms with Gasteiger partial charge in [0.15, 0.2) is 0 Å². The molecule has 2 saturated heterocycles. The Bertz CT molecular complexity index is 725. The van der Waals surface area contributed by atoms with Crippen LogP contribution in [-0.2, 0) is 6.54 Å². The number of nitrogens with zero attached hydrogens (tertiary/aromatic N) is 3. The van der Waals surface area contributed by atoms with Crippen molar-refractivity contribution in [3.63, 3.8) is 0 Å². The van der Waals surface area contributed by atoms with E-state index in [9.17, 15) is 0 Å². The van der Waals surface area contributed by atoms with Gasteiger partial charge in [-0.15, -0.1) is 12.4 Å². The van der Waals surface area contributed by atoms with E-state index in [1.165, 1.54) is 29.8 Å². The summed E-state index contributed by atoms with van der Waals surface area (Å²) >= 11 is 0. The van der Waals surface area contributed by atoms with Gasteiger partial charge in [-0.1, -0.05) is 29.4 Å². The standard InChI is InChI=1S/C20H27N3O.ClH/c1-13-7-5-6-8-17(13)20-19-12-23(10-16(19)9-22(20)4)11-18-14(2)21-24-15(18)3;/h5-8,16,19-20H,9-12H2,1-4H3;1H/t16-,19+,20-;/m0./s1. The highest BCUT2D eigenvalue weighted by atomic mass is 35.5. The highest BCUT2D eigenvalue weighted by molar-refractivity contribution is 5.85. The van der Waals surface area contributed by atoms with Crippen LogP contribution in [0.3, 0.4) is 0 Å². The van der Waals surface area contributed by atoms with Crippen LogP contribution in [0, 0.1) is 32.6 Å². The maximum absolute atomic E-state index is 5.34. The molecule has 2 fully saturated rings. The van der Waals surface area contributed by atoms with Crippen molar-refractivity contribution in [2.24, 2.45) is 11.8 Å². The molecular weight excluding hydrogens is 334 g/mol. The zero-order valence-corrected chi connectivity index (χ0v) is 16.3. The molecule has 0 saturated carbocycles. The number of aryl methyl sites for hydroxylation is 3. The van der Waals surface area contributed by atoms with Gasteiger partial charge in [0.05, 0.1) is 5.69 Å². The van der Waals surface area contributed by atoms with E-state index in [4.69, 9.17) is 4.52 Å². The monoisotopic (exact) mass is 361 g/mol. The Morgan fingerprint density at radius 2 is 1.88 bits per heavy atom. The van der Waals surface area contributed by atoms with Gasteiger partial charge in [-0.25, -0.2) is 0 Å². The fraction of sp³-hybridized carbons (Fsp3) is 0.550. The minimum atomic E-state index is 0. The first kappa shape index (κ1) is 18.4. The molecule has 3 atom stereocenters. The summed E-state index contributed by atoms with van der Waals surface area (Å²) < 4.78 is 5.34. The maximum Gasteiger partial charge on any atom is 0.138 e. The Kier molecular flexibility index (Phi) is 5.24. The molecule has 5 heteroatoms. The highest BCUT2D eigenvalue weighted by Gasteiger charge is 2.46. The molecule has 0 unspecified atom stereocenters. The van der Waals surface area contributed by atoms with E-state index in [0.29, 0.717) is 6.04 Å². The summed E-state index contributed by atoms with van der Waals surface area (Å²) in [6.07, 6.45) is 0. The number of aromatic nitrogens is 1. The Morgan fingerprint density at radius 1 is 1.12 bits per heavy atom. The molecule has 25 heavy (non-hydrogen) atoms. The molecule has 1 aromatic carbocycles. The fourth-order valence-electron chi connectivity index (χ4n) is 4.82. The van der Waals surface area contributed by atoms with Gasteiger partial charge in [0.25, 0.3) is 0 Å². The summed E-state index contributed by atoms with van der Waals surface area (Å²) in [5.41, 5.74) is 5.23. The average molecular weight is 362 g/mol. The van der Waals surface area contributed by atoms with Crippen molar-refractivity contribution in [1.29, 1.82) is 0 Å². The molecule has 4 nitrogen and oxygen atoms in total. The van der Waals surface area contributed by atoms with Crippen LogP contribution in [0.4, 0.5) is 0 Å². The van der Waals surface area contributed by atoms with Crippen LogP contribution < -0.4 is 0 Å². The molecule has 0 radical (unpaired) electrons. The lowest BCUT2D eigenvalue weighted by atomic mass is 9.88. The first-order chi connectivity index (χ1) is 11.5. The Hall–Kier alpha value is -1.36. The number of fused-ring (bicyclic) bond motifs is 1. The molecule has 2 aromatic rings. The second-order valence-electron chi connectivity index (χ2n) is 7.66. The van der Waals surface area contributed by atoms with Crippen molar-refractivity contribution < 1.29 is 4.52 Å².